The van der Waals surface area contributed by atoms with Crippen molar-refractivity contribution in [2.75, 3.05) is 0 Å². The lowest BCUT2D eigenvalue weighted by molar-refractivity contribution is 0.537. The van der Waals surface area contributed by atoms with Gasteiger partial charge in [-0.15, -0.1) is 0 Å². The molecular formula is C5H3NO. The minimum Gasteiger partial charge on any atom is -0.448 e. The fourth-order valence-electron chi connectivity index (χ4n) is 0.301. The van der Waals surface area contributed by atoms with Crippen LogP contribution in [0.25, 0.3) is 0 Å². The van der Waals surface area contributed by atoms with Crippen LogP contribution in [0.2, 0.25) is 0 Å². The van der Waals surface area contributed by atoms with Crippen molar-refractivity contribution in [3.8, 4) is 0 Å². The molecule has 2 nitrogen and oxygen atoms in total. The molecule has 4 radical (unpaired) electrons. The van der Waals surface area contributed by atoms with Crippen LogP contribution in [0.4, 0.5) is 0 Å². The van der Waals surface area contributed by atoms with Gasteiger partial charge >= 0.3 is 0 Å². The summed E-state index contributed by atoms with van der Waals surface area (Å²) in [6.07, 6.45) is 1.29. The highest BCUT2D eigenvalue weighted by atomic mass is 16.3. The molecule has 1 aromatic rings. The van der Waals surface area contributed by atoms with Gasteiger partial charge in [-0.05, 0) is 0 Å². The molecule has 0 aliphatic carbocycles. The SMILES string of the molecule is [CH]c1coc([CH])n1. The molecule has 34 valence electrons. The Morgan fingerprint density at radius 3 is 2.43 bits per heavy atom. The third-order valence-corrected chi connectivity index (χ3v) is 0.540. The van der Waals surface area contributed by atoms with Gasteiger partial charge in [-0.25, -0.2) is 4.98 Å². The topological polar surface area (TPSA) is 26.0 Å². The Bertz CT molecular complexity index is 140. The minimum absolute atomic E-state index is 0.109. The highest BCUT2D eigenvalue weighted by Gasteiger charge is 1.88. The van der Waals surface area contributed by atoms with Crippen LogP contribution in [0.15, 0.2) is 10.7 Å². The molecule has 0 N–H and O–H groups in total. The van der Waals surface area contributed by atoms with Gasteiger partial charge in [0.05, 0.1) is 12.6 Å². The van der Waals surface area contributed by atoms with E-state index in [1.807, 2.05) is 0 Å². The fraction of sp³-hybridized carbons (Fsp3) is 0. The predicted octanol–water partition coefficient (Wildman–Crippen LogP) is 0.793. The van der Waals surface area contributed by atoms with E-state index in [-0.39, 0.29) is 5.89 Å². The lowest BCUT2D eigenvalue weighted by Gasteiger charge is -1.67. The van der Waals surface area contributed by atoms with Crippen molar-refractivity contribution < 1.29 is 4.42 Å². The lowest BCUT2D eigenvalue weighted by Crippen LogP contribution is -1.67. The van der Waals surface area contributed by atoms with Gasteiger partial charge in [0.1, 0.15) is 6.26 Å². The smallest absolute Gasteiger partial charge is 0.198 e. The monoisotopic (exact) mass is 93.0 g/mol. The first-order valence-corrected chi connectivity index (χ1v) is 1.75. The zero-order valence-electron chi connectivity index (χ0n) is 3.59. The Hall–Kier alpha value is -0.790. The molecule has 1 rings (SSSR count). The Morgan fingerprint density at radius 1 is 1.57 bits per heavy atom. The zero-order valence-corrected chi connectivity index (χ0v) is 3.59. The first-order valence-electron chi connectivity index (χ1n) is 1.75. The summed E-state index contributed by atoms with van der Waals surface area (Å²) < 4.78 is 4.51. The third kappa shape index (κ3) is 0.796. The van der Waals surface area contributed by atoms with Crippen LogP contribution >= 0.6 is 0 Å². The molecule has 2 heteroatoms. The fourth-order valence-corrected chi connectivity index (χ4v) is 0.301. The Balaban J connectivity index is 3.04. The van der Waals surface area contributed by atoms with Crippen molar-refractivity contribution in [2.24, 2.45) is 0 Å². The van der Waals surface area contributed by atoms with Crippen molar-refractivity contribution in [3.05, 3.63) is 31.7 Å². The summed E-state index contributed by atoms with van der Waals surface area (Å²) in [5, 5.41) is 0. The van der Waals surface area contributed by atoms with Crippen LogP contribution in [-0.4, -0.2) is 4.98 Å². The molecule has 0 bridgehead atoms. The molecule has 0 saturated carbocycles. The van der Waals surface area contributed by atoms with Crippen molar-refractivity contribution in [1.82, 2.24) is 4.98 Å². The quantitative estimate of drug-likeness (QED) is 0.474. The maximum Gasteiger partial charge on any atom is 0.198 e. The molecule has 7 heavy (non-hydrogen) atoms. The van der Waals surface area contributed by atoms with E-state index < -0.39 is 0 Å². The van der Waals surface area contributed by atoms with Gasteiger partial charge in [-0.2, -0.15) is 0 Å². The number of hydrogen-bond donors (Lipinski definition) is 0. The van der Waals surface area contributed by atoms with Crippen LogP contribution in [-0.2, 0) is 0 Å². The second-order valence-corrected chi connectivity index (χ2v) is 1.11. The van der Waals surface area contributed by atoms with Gasteiger partial charge in [0.25, 0.3) is 0 Å². The second kappa shape index (κ2) is 1.37. The van der Waals surface area contributed by atoms with E-state index >= 15 is 0 Å². The summed E-state index contributed by atoms with van der Waals surface area (Å²) in [5.41, 5.74) is 0.317. The van der Waals surface area contributed by atoms with Crippen LogP contribution < -0.4 is 0 Å². The van der Waals surface area contributed by atoms with E-state index in [9.17, 15) is 0 Å². The largest absolute Gasteiger partial charge is 0.448 e. The third-order valence-electron chi connectivity index (χ3n) is 0.540. The molecule has 0 fully saturated rings. The first kappa shape index (κ1) is 4.37. The highest BCUT2D eigenvalue weighted by molar-refractivity contribution is 5.00. The van der Waals surface area contributed by atoms with Crippen LogP contribution in [0.3, 0.4) is 0 Å². The minimum atomic E-state index is 0.109. The molecule has 0 unspecified atom stereocenters. The Morgan fingerprint density at radius 2 is 2.29 bits per heavy atom. The molecule has 0 spiro atoms. The average molecular weight is 93.1 g/mol. The van der Waals surface area contributed by atoms with Crippen LogP contribution in [0.5, 0.6) is 0 Å². The van der Waals surface area contributed by atoms with Gasteiger partial charge in [0, 0.05) is 6.92 Å². The van der Waals surface area contributed by atoms with Crippen LogP contribution in [0.1, 0.15) is 11.6 Å². The highest BCUT2D eigenvalue weighted by Crippen LogP contribution is 1.95. The van der Waals surface area contributed by atoms with Crippen molar-refractivity contribution in [2.45, 2.75) is 0 Å². The van der Waals surface area contributed by atoms with Gasteiger partial charge in [-0.1, -0.05) is 0 Å². The van der Waals surface area contributed by atoms with Crippen molar-refractivity contribution in [3.63, 3.8) is 0 Å². The van der Waals surface area contributed by atoms with Crippen molar-refractivity contribution in [1.29, 1.82) is 0 Å². The molecule has 0 saturated heterocycles. The lowest BCUT2D eigenvalue weighted by atomic mass is 10.6. The van der Waals surface area contributed by atoms with Gasteiger partial charge in [0.15, 0.2) is 5.89 Å². The molecule has 1 heterocycles. The van der Waals surface area contributed by atoms with E-state index in [0.29, 0.717) is 5.69 Å². The van der Waals surface area contributed by atoms with Crippen LogP contribution in [0, 0.1) is 13.8 Å². The number of aromatic nitrogens is 1. The second-order valence-electron chi connectivity index (χ2n) is 1.11. The number of oxazole rings is 1. The molecular weight excluding hydrogens is 90.1 g/mol. The summed E-state index contributed by atoms with van der Waals surface area (Å²) in [6, 6.07) is 0. The molecule has 0 aliphatic rings. The van der Waals surface area contributed by atoms with Gasteiger partial charge in [0.2, 0.25) is 0 Å². The van der Waals surface area contributed by atoms with E-state index in [4.69, 9.17) is 13.8 Å². The van der Waals surface area contributed by atoms with E-state index in [1.165, 1.54) is 6.26 Å². The Kier molecular flexibility index (Phi) is 0.855. The molecule has 0 amide bonds. The Labute approximate surface area is 42.2 Å². The van der Waals surface area contributed by atoms with E-state index in [2.05, 4.69) is 9.40 Å². The number of nitrogens with zero attached hydrogens (tertiary/aromatic N) is 1. The molecule has 0 aliphatic heterocycles. The zero-order chi connectivity index (χ0) is 5.28. The number of hydrogen-bond acceptors (Lipinski definition) is 2. The summed E-state index contributed by atoms with van der Waals surface area (Å²) in [6.45, 7) is 10.1. The maximum absolute atomic E-state index is 5.09. The summed E-state index contributed by atoms with van der Waals surface area (Å²) in [4.78, 5) is 3.50. The molecule has 0 aromatic carbocycles. The van der Waals surface area contributed by atoms with Gasteiger partial charge < -0.3 is 4.42 Å². The van der Waals surface area contributed by atoms with Gasteiger partial charge in [-0.3, -0.25) is 0 Å². The van der Waals surface area contributed by atoms with Crippen molar-refractivity contribution >= 4 is 0 Å². The first-order chi connectivity index (χ1) is 3.29. The average Bonchev–Trinajstić information content (AvgIpc) is 1.87. The normalized spacial score (nSPS) is 9.43. The number of rotatable bonds is 0. The summed E-state index contributed by atoms with van der Waals surface area (Å²) in [7, 11) is 0. The molecule has 0 atom stereocenters. The van der Waals surface area contributed by atoms with E-state index in [1.54, 1.807) is 0 Å². The summed E-state index contributed by atoms with van der Waals surface area (Å²) in [5.74, 6) is 0.109. The maximum atomic E-state index is 5.09. The predicted molar refractivity (Wildman–Crippen MR) is 23.3 cm³/mol. The summed E-state index contributed by atoms with van der Waals surface area (Å²) >= 11 is 0. The standard InChI is InChI=1S/C5H3NO/c1-4-3-7-5(2)6-4/h1-3H. The van der Waals surface area contributed by atoms with E-state index in [0.717, 1.165) is 0 Å². The molecule has 1 aromatic heterocycles.